The van der Waals surface area contributed by atoms with Crippen molar-refractivity contribution in [2.24, 2.45) is 0 Å². The topological polar surface area (TPSA) is 62.5 Å². The number of anilines is 1. The lowest BCUT2D eigenvalue weighted by Crippen LogP contribution is -2.47. The van der Waals surface area contributed by atoms with E-state index in [1.54, 1.807) is 6.92 Å². The van der Waals surface area contributed by atoms with Gasteiger partial charge in [0.25, 0.3) is 0 Å². The quantitative estimate of drug-likeness (QED) is 0.752. The summed E-state index contributed by atoms with van der Waals surface area (Å²) < 4.78 is 5.43. The number of hydrogen-bond acceptors (Lipinski definition) is 6. The summed E-state index contributed by atoms with van der Waals surface area (Å²) in [6.07, 6.45) is 1.88. The van der Waals surface area contributed by atoms with Crippen LogP contribution in [0.3, 0.4) is 0 Å². The third-order valence-electron chi connectivity index (χ3n) is 4.82. The minimum atomic E-state index is 0.104. The van der Waals surface area contributed by atoms with Gasteiger partial charge in [-0.2, -0.15) is 4.98 Å². The van der Waals surface area contributed by atoms with E-state index < -0.39 is 0 Å². The summed E-state index contributed by atoms with van der Waals surface area (Å²) in [5.41, 5.74) is 1.93. The number of rotatable bonds is 6. The molecule has 1 unspecified atom stereocenters. The zero-order valence-corrected chi connectivity index (χ0v) is 15.2. The third-order valence-corrected chi connectivity index (χ3v) is 4.82. The van der Waals surface area contributed by atoms with Crippen molar-refractivity contribution in [3.05, 3.63) is 41.5 Å². The molecule has 1 aromatic heterocycles. The van der Waals surface area contributed by atoms with Gasteiger partial charge in [0.1, 0.15) is 0 Å². The first-order valence-electron chi connectivity index (χ1n) is 9.01. The Hall–Kier alpha value is -2.21. The van der Waals surface area contributed by atoms with Gasteiger partial charge in [0.05, 0.1) is 6.04 Å². The number of carbonyl (C=O) groups excluding carboxylic acids is 1. The van der Waals surface area contributed by atoms with E-state index >= 15 is 0 Å². The van der Waals surface area contributed by atoms with Crippen LogP contribution >= 0.6 is 0 Å². The standard InChI is InChI=1S/C19H26N4O2/c1-4-5-18-20-19(25-21-18)14(2)22-10-12-23(13-11-22)17-8-6-16(7-9-17)15(3)24/h6-9,14H,4-5,10-13H2,1-3H3. The van der Waals surface area contributed by atoms with Crippen LogP contribution in [0, 0.1) is 0 Å². The molecule has 25 heavy (non-hydrogen) atoms. The molecule has 0 spiro atoms. The molecule has 0 aliphatic carbocycles. The molecule has 0 radical (unpaired) electrons. The molecule has 1 fully saturated rings. The molecule has 1 aliphatic heterocycles. The highest BCUT2D eigenvalue weighted by Gasteiger charge is 2.25. The van der Waals surface area contributed by atoms with E-state index in [1.807, 2.05) is 24.3 Å². The normalized spacial score (nSPS) is 16.8. The lowest BCUT2D eigenvalue weighted by atomic mass is 10.1. The number of aromatic nitrogens is 2. The Morgan fingerprint density at radius 2 is 1.88 bits per heavy atom. The maximum Gasteiger partial charge on any atom is 0.243 e. The summed E-state index contributed by atoms with van der Waals surface area (Å²) in [6.45, 7) is 9.61. The van der Waals surface area contributed by atoms with Crippen LogP contribution in [0.1, 0.15) is 55.3 Å². The fraction of sp³-hybridized carbons (Fsp3) is 0.526. The first-order chi connectivity index (χ1) is 12.1. The molecule has 1 saturated heterocycles. The first kappa shape index (κ1) is 17.6. The molecule has 2 aromatic rings. The van der Waals surface area contributed by atoms with Crippen molar-refractivity contribution >= 4 is 11.5 Å². The molecule has 3 rings (SSSR count). The highest BCUT2D eigenvalue weighted by Crippen LogP contribution is 2.23. The number of hydrogen-bond donors (Lipinski definition) is 0. The van der Waals surface area contributed by atoms with Crippen molar-refractivity contribution < 1.29 is 9.32 Å². The van der Waals surface area contributed by atoms with Crippen molar-refractivity contribution in [1.29, 1.82) is 0 Å². The second-order valence-electron chi connectivity index (χ2n) is 6.60. The number of piperazine rings is 1. The monoisotopic (exact) mass is 342 g/mol. The highest BCUT2D eigenvalue weighted by molar-refractivity contribution is 5.94. The summed E-state index contributed by atoms with van der Waals surface area (Å²) >= 11 is 0. The van der Waals surface area contributed by atoms with Gasteiger partial charge in [-0.1, -0.05) is 12.1 Å². The molecule has 1 aromatic carbocycles. The van der Waals surface area contributed by atoms with Crippen molar-refractivity contribution in [3.8, 4) is 0 Å². The van der Waals surface area contributed by atoms with E-state index in [0.717, 1.165) is 50.4 Å². The van der Waals surface area contributed by atoms with Crippen molar-refractivity contribution in [2.45, 2.75) is 39.7 Å². The van der Waals surface area contributed by atoms with E-state index in [4.69, 9.17) is 4.52 Å². The minimum Gasteiger partial charge on any atom is -0.369 e. The average molecular weight is 342 g/mol. The second-order valence-corrected chi connectivity index (χ2v) is 6.60. The fourth-order valence-corrected chi connectivity index (χ4v) is 3.19. The van der Waals surface area contributed by atoms with Crippen LogP contribution in [0.15, 0.2) is 28.8 Å². The van der Waals surface area contributed by atoms with Crippen LogP contribution in [0.5, 0.6) is 0 Å². The van der Waals surface area contributed by atoms with Gasteiger partial charge in [0.2, 0.25) is 5.89 Å². The Morgan fingerprint density at radius 1 is 1.20 bits per heavy atom. The predicted molar refractivity (Wildman–Crippen MR) is 96.9 cm³/mol. The summed E-state index contributed by atoms with van der Waals surface area (Å²) in [5.74, 6) is 1.61. The zero-order valence-electron chi connectivity index (χ0n) is 15.2. The molecular formula is C19H26N4O2. The molecule has 6 nitrogen and oxygen atoms in total. The predicted octanol–water partition coefficient (Wildman–Crippen LogP) is 3.11. The summed E-state index contributed by atoms with van der Waals surface area (Å²) in [4.78, 5) is 20.6. The Balaban J connectivity index is 1.58. The van der Waals surface area contributed by atoms with Crippen molar-refractivity contribution in [1.82, 2.24) is 15.0 Å². The van der Waals surface area contributed by atoms with Gasteiger partial charge >= 0.3 is 0 Å². The van der Waals surface area contributed by atoms with E-state index in [1.165, 1.54) is 5.69 Å². The molecular weight excluding hydrogens is 316 g/mol. The van der Waals surface area contributed by atoms with Crippen molar-refractivity contribution in [3.63, 3.8) is 0 Å². The number of aryl methyl sites for hydroxylation is 1. The third kappa shape index (κ3) is 4.07. The largest absolute Gasteiger partial charge is 0.369 e. The van der Waals surface area contributed by atoms with Crippen LogP contribution in [0.4, 0.5) is 5.69 Å². The van der Waals surface area contributed by atoms with Gasteiger partial charge in [0.15, 0.2) is 11.6 Å². The maximum absolute atomic E-state index is 11.4. The van der Waals surface area contributed by atoms with E-state index in [-0.39, 0.29) is 11.8 Å². The number of benzene rings is 1. The lowest BCUT2D eigenvalue weighted by Gasteiger charge is -2.38. The SMILES string of the molecule is CCCc1noc(C(C)N2CCN(c3ccc(C(C)=O)cc3)CC2)n1. The zero-order chi connectivity index (χ0) is 17.8. The van der Waals surface area contributed by atoms with Gasteiger partial charge in [-0.05, 0) is 44.5 Å². The molecule has 2 heterocycles. The van der Waals surface area contributed by atoms with E-state index in [0.29, 0.717) is 5.89 Å². The Morgan fingerprint density at radius 3 is 2.48 bits per heavy atom. The Labute approximate surface area is 148 Å². The molecule has 1 aliphatic rings. The smallest absolute Gasteiger partial charge is 0.243 e. The van der Waals surface area contributed by atoms with E-state index in [2.05, 4.69) is 33.8 Å². The summed E-state index contributed by atoms with van der Waals surface area (Å²) in [6, 6.07) is 8.01. The fourth-order valence-electron chi connectivity index (χ4n) is 3.19. The van der Waals surface area contributed by atoms with Crippen LogP contribution in [-0.2, 0) is 6.42 Å². The molecule has 6 heteroatoms. The van der Waals surface area contributed by atoms with Gasteiger partial charge in [-0.25, -0.2) is 0 Å². The molecule has 0 saturated carbocycles. The van der Waals surface area contributed by atoms with Crippen molar-refractivity contribution in [2.75, 3.05) is 31.1 Å². The van der Waals surface area contributed by atoms with Crippen LogP contribution in [-0.4, -0.2) is 47.0 Å². The number of carbonyl (C=O) groups is 1. The molecule has 1 atom stereocenters. The first-order valence-corrected chi connectivity index (χ1v) is 9.01. The van der Waals surface area contributed by atoms with Crippen LogP contribution in [0.25, 0.3) is 0 Å². The molecule has 0 N–H and O–H groups in total. The highest BCUT2D eigenvalue weighted by atomic mass is 16.5. The van der Waals surface area contributed by atoms with Gasteiger partial charge in [0, 0.05) is 43.9 Å². The van der Waals surface area contributed by atoms with E-state index in [9.17, 15) is 4.79 Å². The van der Waals surface area contributed by atoms with Gasteiger partial charge < -0.3 is 9.42 Å². The summed E-state index contributed by atoms with van der Waals surface area (Å²) in [5, 5.41) is 4.06. The molecule has 0 bridgehead atoms. The Bertz CT molecular complexity index is 702. The van der Waals surface area contributed by atoms with Gasteiger partial charge in [-0.3, -0.25) is 9.69 Å². The number of nitrogens with zero attached hydrogens (tertiary/aromatic N) is 4. The van der Waals surface area contributed by atoms with Gasteiger partial charge in [-0.15, -0.1) is 0 Å². The average Bonchev–Trinajstić information content (AvgIpc) is 3.10. The van der Waals surface area contributed by atoms with Crippen LogP contribution in [0.2, 0.25) is 0 Å². The number of Topliss-reactive ketones (excluding diaryl/α,β-unsaturated/α-hetero) is 1. The summed E-state index contributed by atoms with van der Waals surface area (Å²) in [7, 11) is 0. The second kappa shape index (κ2) is 7.78. The molecule has 134 valence electrons. The Kier molecular flexibility index (Phi) is 5.48. The maximum atomic E-state index is 11.4. The minimum absolute atomic E-state index is 0.104. The number of ketones is 1. The molecule has 0 amide bonds. The van der Waals surface area contributed by atoms with Crippen LogP contribution < -0.4 is 4.90 Å². The lowest BCUT2D eigenvalue weighted by molar-refractivity contribution is 0.101.